The highest BCUT2D eigenvalue weighted by molar-refractivity contribution is 14.1. The minimum atomic E-state index is -1.59. The van der Waals surface area contributed by atoms with Gasteiger partial charge in [0.05, 0.1) is 10.1 Å². The van der Waals surface area contributed by atoms with Gasteiger partial charge in [-0.25, -0.2) is 13.2 Å². The van der Waals surface area contributed by atoms with Crippen molar-refractivity contribution in [3.8, 4) is 0 Å². The van der Waals surface area contributed by atoms with Gasteiger partial charge in [-0.3, -0.25) is 4.79 Å². The van der Waals surface area contributed by atoms with E-state index >= 15 is 0 Å². The third-order valence-corrected chi connectivity index (χ3v) is 2.12. The number of nitrogens with one attached hydrogen (secondary N) is 1. The molecule has 0 radical (unpaired) electrons. The molecule has 0 heterocycles. The van der Waals surface area contributed by atoms with E-state index in [1.54, 1.807) is 22.6 Å². The van der Waals surface area contributed by atoms with Crippen LogP contribution in [-0.2, 0) is 4.79 Å². The Balaban J connectivity index is 3.00. The zero-order chi connectivity index (χ0) is 10.7. The average molecular weight is 315 g/mol. The lowest BCUT2D eigenvalue weighted by Gasteiger charge is -2.05. The Bertz CT molecular complexity index is 370. The number of hydrogen-bond acceptors (Lipinski definition) is 1. The molecule has 0 spiro atoms. The standard InChI is InChI=1S/C8H5F3INO/c9-4-1-2-5(8(11)7(4)10)13-6(14)3-12/h1-2H,3H2,(H,13,14). The van der Waals surface area contributed by atoms with Crippen LogP contribution in [0.3, 0.4) is 0 Å². The Labute approximate surface area is 91.6 Å². The second-order valence-corrected chi connectivity index (χ2v) is 3.17. The molecule has 6 heteroatoms. The molecule has 0 bridgehead atoms. The number of hydrogen-bond donors (Lipinski definition) is 1. The molecule has 0 saturated carbocycles. The molecular formula is C8H5F3INO. The fraction of sp³-hybridized carbons (Fsp3) is 0.125. The molecule has 1 N–H and O–H groups in total. The molecule has 0 unspecified atom stereocenters. The lowest BCUT2D eigenvalue weighted by Crippen LogP contribution is -2.14. The van der Waals surface area contributed by atoms with Crippen LogP contribution in [0.15, 0.2) is 12.1 Å². The first kappa shape index (κ1) is 11.3. The van der Waals surface area contributed by atoms with E-state index in [4.69, 9.17) is 0 Å². The molecule has 2 nitrogen and oxygen atoms in total. The Morgan fingerprint density at radius 1 is 1.29 bits per heavy atom. The fourth-order valence-electron chi connectivity index (χ4n) is 0.806. The number of benzene rings is 1. The topological polar surface area (TPSA) is 29.1 Å². The molecule has 1 aromatic carbocycles. The van der Waals surface area contributed by atoms with Crippen molar-refractivity contribution < 1.29 is 18.0 Å². The second kappa shape index (κ2) is 4.63. The Kier molecular flexibility index (Phi) is 3.73. The number of rotatable bonds is 2. The number of halogens is 4. The average Bonchev–Trinajstić information content (AvgIpc) is 2.19. The van der Waals surface area contributed by atoms with Crippen LogP contribution in [0.2, 0.25) is 0 Å². The molecule has 0 saturated heterocycles. The first-order valence-corrected chi connectivity index (χ1v) is 5.08. The van der Waals surface area contributed by atoms with Crippen molar-refractivity contribution in [3.63, 3.8) is 0 Å². The van der Waals surface area contributed by atoms with Crippen molar-refractivity contribution >= 4 is 34.2 Å². The van der Waals surface area contributed by atoms with E-state index in [2.05, 4.69) is 5.32 Å². The van der Waals surface area contributed by atoms with Gasteiger partial charge < -0.3 is 5.32 Å². The first-order valence-electron chi connectivity index (χ1n) is 3.55. The van der Waals surface area contributed by atoms with Gasteiger partial charge in [0.25, 0.3) is 0 Å². The largest absolute Gasteiger partial charge is 0.323 e. The summed E-state index contributed by atoms with van der Waals surface area (Å²) < 4.78 is 38.1. The summed E-state index contributed by atoms with van der Waals surface area (Å²) in [5, 5.41) is 2.10. The molecule has 76 valence electrons. The van der Waals surface area contributed by atoms with Crippen LogP contribution in [0.25, 0.3) is 0 Å². The molecule has 0 aromatic heterocycles. The third kappa shape index (κ3) is 2.37. The third-order valence-electron chi connectivity index (χ3n) is 1.43. The highest BCUT2D eigenvalue weighted by Gasteiger charge is 2.14. The maximum atomic E-state index is 12.9. The first-order chi connectivity index (χ1) is 6.56. The van der Waals surface area contributed by atoms with Gasteiger partial charge in [0.2, 0.25) is 5.91 Å². The number of amides is 1. The SMILES string of the molecule is O=C(CI)Nc1ccc(F)c(F)c1F. The van der Waals surface area contributed by atoms with Crippen LogP contribution < -0.4 is 5.32 Å². The van der Waals surface area contributed by atoms with Crippen molar-refractivity contribution in [1.82, 2.24) is 0 Å². The molecule has 14 heavy (non-hydrogen) atoms. The lowest BCUT2D eigenvalue weighted by atomic mass is 10.3. The van der Waals surface area contributed by atoms with Crippen LogP contribution in [0, 0.1) is 17.5 Å². The molecular weight excluding hydrogens is 310 g/mol. The van der Waals surface area contributed by atoms with E-state index in [-0.39, 0.29) is 10.1 Å². The van der Waals surface area contributed by atoms with E-state index in [0.29, 0.717) is 0 Å². The van der Waals surface area contributed by atoms with E-state index in [1.807, 2.05) is 0 Å². The Morgan fingerprint density at radius 3 is 2.50 bits per heavy atom. The van der Waals surface area contributed by atoms with Crippen LogP contribution in [0.5, 0.6) is 0 Å². The molecule has 0 aliphatic carbocycles. The lowest BCUT2D eigenvalue weighted by molar-refractivity contribution is -0.113. The van der Waals surface area contributed by atoms with Gasteiger partial charge in [0.1, 0.15) is 0 Å². The summed E-state index contributed by atoms with van der Waals surface area (Å²) in [6.07, 6.45) is 0. The highest BCUT2D eigenvalue weighted by atomic mass is 127. The van der Waals surface area contributed by atoms with Crippen LogP contribution in [-0.4, -0.2) is 10.3 Å². The molecule has 1 rings (SSSR count). The number of alkyl halides is 1. The minimum Gasteiger partial charge on any atom is -0.323 e. The number of carbonyl (C=O) groups excluding carboxylic acids is 1. The molecule has 0 aliphatic heterocycles. The zero-order valence-electron chi connectivity index (χ0n) is 6.78. The smallest absolute Gasteiger partial charge is 0.234 e. The summed E-state index contributed by atoms with van der Waals surface area (Å²) >= 11 is 1.76. The van der Waals surface area contributed by atoms with Crippen molar-refractivity contribution in [2.24, 2.45) is 0 Å². The number of anilines is 1. The zero-order valence-corrected chi connectivity index (χ0v) is 8.94. The molecule has 0 atom stereocenters. The molecule has 1 aromatic rings. The summed E-state index contributed by atoms with van der Waals surface area (Å²) in [5.41, 5.74) is -0.356. The highest BCUT2D eigenvalue weighted by Crippen LogP contribution is 2.19. The van der Waals surface area contributed by atoms with Gasteiger partial charge >= 0.3 is 0 Å². The maximum absolute atomic E-state index is 12.9. The predicted octanol–water partition coefficient (Wildman–Crippen LogP) is 2.48. The van der Waals surface area contributed by atoms with Crippen molar-refractivity contribution in [2.75, 3.05) is 9.74 Å². The van der Waals surface area contributed by atoms with E-state index in [0.717, 1.165) is 12.1 Å². The van der Waals surface area contributed by atoms with Gasteiger partial charge in [0.15, 0.2) is 17.5 Å². The van der Waals surface area contributed by atoms with Gasteiger partial charge in [-0.1, -0.05) is 22.6 Å². The summed E-state index contributed by atoms with van der Waals surface area (Å²) in [7, 11) is 0. The molecule has 0 fully saturated rings. The van der Waals surface area contributed by atoms with Gasteiger partial charge in [-0.05, 0) is 12.1 Å². The fourth-order valence-corrected chi connectivity index (χ4v) is 0.997. The van der Waals surface area contributed by atoms with Gasteiger partial charge in [0, 0.05) is 0 Å². The predicted molar refractivity (Wildman–Crippen MR) is 53.8 cm³/mol. The summed E-state index contributed by atoms with van der Waals surface area (Å²) in [6, 6.07) is 1.72. The Hall–Kier alpha value is -0.790. The van der Waals surface area contributed by atoms with Crippen molar-refractivity contribution in [3.05, 3.63) is 29.6 Å². The second-order valence-electron chi connectivity index (χ2n) is 2.40. The van der Waals surface area contributed by atoms with Crippen molar-refractivity contribution in [1.29, 1.82) is 0 Å². The summed E-state index contributed by atoms with van der Waals surface area (Å²) in [4.78, 5) is 10.8. The Morgan fingerprint density at radius 2 is 1.93 bits per heavy atom. The summed E-state index contributed by atoms with van der Waals surface area (Å²) in [5.74, 6) is -4.73. The van der Waals surface area contributed by atoms with Crippen molar-refractivity contribution in [2.45, 2.75) is 0 Å². The van der Waals surface area contributed by atoms with Crippen LogP contribution in [0.1, 0.15) is 0 Å². The molecule has 0 aliphatic rings. The van der Waals surface area contributed by atoms with Gasteiger partial charge in [-0.15, -0.1) is 0 Å². The maximum Gasteiger partial charge on any atom is 0.234 e. The monoisotopic (exact) mass is 315 g/mol. The van der Waals surface area contributed by atoms with E-state index in [1.165, 1.54) is 0 Å². The van der Waals surface area contributed by atoms with Crippen LogP contribution in [0.4, 0.5) is 18.9 Å². The van der Waals surface area contributed by atoms with E-state index in [9.17, 15) is 18.0 Å². The summed E-state index contributed by atoms with van der Waals surface area (Å²) in [6.45, 7) is 0. The molecule has 1 amide bonds. The van der Waals surface area contributed by atoms with Crippen LogP contribution >= 0.6 is 22.6 Å². The minimum absolute atomic E-state index is 0.107. The normalized spacial score (nSPS) is 10.0. The van der Waals surface area contributed by atoms with Gasteiger partial charge in [-0.2, -0.15) is 0 Å². The van der Waals surface area contributed by atoms with E-state index < -0.39 is 23.4 Å². The quantitative estimate of drug-likeness (QED) is 0.507. The number of carbonyl (C=O) groups is 1.